The van der Waals surface area contributed by atoms with Crippen molar-refractivity contribution in [2.75, 3.05) is 0 Å². The van der Waals surface area contributed by atoms with Gasteiger partial charge in [0.15, 0.2) is 5.76 Å². The van der Waals surface area contributed by atoms with Crippen LogP contribution in [0.4, 0.5) is 0 Å². The van der Waals surface area contributed by atoms with Crippen LogP contribution in [0, 0.1) is 6.92 Å². The molecule has 0 aliphatic heterocycles. The van der Waals surface area contributed by atoms with Crippen LogP contribution in [0.2, 0.25) is 0 Å². The number of hydrogen-bond donors (Lipinski definition) is 2. The zero-order chi connectivity index (χ0) is 16.4. The van der Waals surface area contributed by atoms with Crippen molar-refractivity contribution in [3.05, 3.63) is 88.0 Å². The van der Waals surface area contributed by atoms with Crippen LogP contribution in [0.1, 0.15) is 23.2 Å². The quantitative estimate of drug-likeness (QED) is 0.778. The predicted molar refractivity (Wildman–Crippen MR) is 87.3 cm³/mol. The third-order valence-electron chi connectivity index (χ3n) is 3.65. The monoisotopic (exact) mass is 308 g/mol. The molecular weight excluding hydrogens is 292 g/mol. The van der Waals surface area contributed by atoms with E-state index in [0.29, 0.717) is 11.3 Å². The molecule has 4 heteroatoms. The minimum absolute atomic E-state index is 0.137. The first-order valence-electron chi connectivity index (χ1n) is 7.23. The van der Waals surface area contributed by atoms with Crippen LogP contribution in [0.3, 0.4) is 0 Å². The van der Waals surface area contributed by atoms with Crippen molar-refractivity contribution in [3.8, 4) is 16.9 Å². The van der Waals surface area contributed by atoms with Crippen LogP contribution in [0.5, 0.6) is 5.75 Å². The Balaban J connectivity index is 1.95. The Labute approximate surface area is 133 Å². The molecule has 3 aromatic rings. The molecule has 1 unspecified atom stereocenters. The van der Waals surface area contributed by atoms with Gasteiger partial charge in [-0.25, -0.2) is 0 Å². The molecule has 0 aliphatic carbocycles. The summed E-state index contributed by atoms with van der Waals surface area (Å²) in [6.07, 6.45) is -1.20. The second-order valence-electron chi connectivity index (χ2n) is 5.32. The largest absolute Gasteiger partial charge is 0.502 e. The molecule has 0 aliphatic rings. The van der Waals surface area contributed by atoms with E-state index >= 15 is 0 Å². The first kappa shape index (κ1) is 15.1. The summed E-state index contributed by atoms with van der Waals surface area (Å²) in [5.74, 6) is -0.361. The Hall–Kier alpha value is -2.85. The Bertz CT molecular complexity index is 864. The molecule has 0 saturated heterocycles. The predicted octanol–water partition coefficient (Wildman–Crippen LogP) is 3.40. The fourth-order valence-electron chi connectivity index (χ4n) is 2.45. The molecule has 0 fully saturated rings. The van der Waals surface area contributed by atoms with Crippen molar-refractivity contribution in [3.63, 3.8) is 0 Å². The van der Waals surface area contributed by atoms with Crippen LogP contribution in [-0.4, -0.2) is 10.2 Å². The van der Waals surface area contributed by atoms with E-state index in [0.717, 1.165) is 11.1 Å². The molecule has 2 aromatic carbocycles. The number of hydrogen-bond acceptors (Lipinski definition) is 4. The average molecular weight is 308 g/mol. The lowest BCUT2D eigenvalue weighted by molar-refractivity contribution is 0.176. The number of aromatic hydroxyl groups is 1. The van der Waals surface area contributed by atoms with Crippen LogP contribution in [-0.2, 0) is 0 Å². The molecule has 3 rings (SSSR count). The normalized spacial score (nSPS) is 12.1. The van der Waals surface area contributed by atoms with Gasteiger partial charge < -0.3 is 14.6 Å². The molecule has 4 nitrogen and oxygen atoms in total. The zero-order valence-corrected chi connectivity index (χ0v) is 12.6. The molecule has 1 heterocycles. The smallest absolute Gasteiger partial charge is 0.227 e. The van der Waals surface area contributed by atoms with Crippen molar-refractivity contribution in [2.24, 2.45) is 0 Å². The fourth-order valence-corrected chi connectivity index (χ4v) is 2.45. The van der Waals surface area contributed by atoms with E-state index in [2.05, 4.69) is 0 Å². The number of benzene rings is 2. The third kappa shape index (κ3) is 3.03. The molecule has 23 heavy (non-hydrogen) atoms. The van der Waals surface area contributed by atoms with Gasteiger partial charge in [0.25, 0.3) is 0 Å². The number of rotatable bonds is 3. The van der Waals surface area contributed by atoms with Gasteiger partial charge in [0.2, 0.25) is 11.2 Å². The minimum atomic E-state index is -1.20. The summed E-state index contributed by atoms with van der Waals surface area (Å²) in [6.45, 7) is 1.59. The highest BCUT2D eigenvalue weighted by Crippen LogP contribution is 2.29. The van der Waals surface area contributed by atoms with Crippen LogP contribution >= 0.6 is 0 Å². The number of aliphatic hydroxyl groups is 1. The summed E-state index contributed by atoms with van der Waals surface area (Å²) < 4.78 is 5.32. The summed E-state index contributed by atoms with van der Waals surface area (Å²) in [6, 6.07) is 18.3. The summed E-state index contributed by atoms with van der Waals surface area (Å²) in [4.78, 5) is 11.6. The van der Waals surface area contributed by atoms with Crippen LogP contribution < -0.4 is 5.43 Å². The van der Waals surface area contributed by atoms with E-state index in [-0.39, 0.29) is 5.76 Å². The lowest BCUT2D eigenvalue weighted by Crippen LogP contribution is -2.08. The SMILES string of the molecule is Cc1cc(=O)c(O)c(C(O)c2ccc(-c3ccccc3)cc2)o1. The van der Waals surface area contributed by atoms with Gasteiger partial charge in [0, 0.05) is 6.07 Å². The van der Waals surface area contributed by atoms with Gasteiger partial charge in [-0.2, -0.15) is 0 Å². The number of aryl methyl sites for hydroxylation is 1. The first-order valence-corrected chi connectivity index (χ1v) is 7.23. The van der Waals surface area contributed by atoms with Gasteiger partial charge in [-0.3, -0.25) is 4.79 Å². The Morgan fingerprint density at radius 2 is 1.57 bits per heavy atom. The number of aliphatic hydroxyl groups excluding tert-OH is 1. The Kier molecular flexibility index (Phi) is 4.00. The molecule has 1 aromatic heterocycles. The molecule has 0 radical (unpaired) electrons. The summed E-state index contributed by atoms with van der Waals surface area (Å²) in [5, 5.41) is 20.2. The maximum Gasteiger partial charge on any atom is 0.227 e. The van der Waals surface area contributed by atoms with E-state index < -0.39 is 17.3 Å². The van der Waals surface area contributed by atoms with Gasteiger partial charge in [0.1, 0.15) is 11.9 Å². The Morgan fingerprint density at radius 3 is 2.22 bits per heavy atom. The fraction of sp³-hybridized carbons (Fsp3) is 0.105. The van der Waals surface area contributed by atoms with Crippen molar-refractivity contribution in [1.82, 2.24) is 0 Å². The molecule has 0 amide bonds. The molecule has 0 spiro atoms. The van der Waals surface area contributed by atoms with Gasteiger partial charge in [-0.05, 0) is 23.6 Å². The van der Waals surface area contributed by atoms with Crippen molar-refractivity contribution < 1.29 is 14.6 Å². The molecule has 0 bridgehead atoms. The highest BCUT2D eigenvalue weighted by atomic mass is 16.4. The van der Waals surface area contributed by atoms with Gasteiger partial charge >= 0.3 is 0 Å². The van der Waals surface area contributed by atoms with Crippen molar-refractivity contribution in [2.45, 2.75) is 13.0 Å². The summed E-state index contributed by atoms with van der Waals surface area (Å²) in [7, 11) is 0. The van der Waals surface area contributed by atoms with E-state index in [1.165, 1.54) is 6.07 Å². The molecule has 1 atom stereocenters. The van der Waals surface area contributed by atoms with Gasteiger partial charge in [0.05, 0.1) is 0 Å². The van der Waals surface area contributed by atoms with E-state index in [4.69, 9.17) is 4.42 Å². The second kappa shape index (κ2) is 6.10. The van der Waals surface area contributed by atoms with E-state index in [1.807, 2.05) is 42.5 Å². The highest BCUT2D eigenvalue weighted by Gasteiger charge is 2.20. The first-order chi connectivity index (χ1) is 11.1. The van der Waals surface area contributed by atoms with E-state index in [1.54, 1.807) is 19.1 Å². The third-order valence-corrected chi connectivity index (χ3v) is 3.65. The molecule has 2 N–H and O–H groups in total. The lowest BCUT2D eigenvalue weighted by atomic mass is 10.0. The molecule has 116 valence electrons. The lowest BCUT2D eigenvalue weighted by Gasteiger charge is -2.12. The molecular formula is C19H16O4. The highest BCUT2D eigenvalue weighted by molar-refractivity contribution is 5.63. The average Bonchev–Trinajstić information content (AvgIpc) is 2.58. The van der Waals surface area contributed by atoms with Crippen LogP contribution in [0.15, 0.2) is 69.9 Å². The summed E-state index contributed by atoms with van der Waals surface area (Å²) >= 11 is 0. The topological polar surface area (TPSA) is 70.7 Å². The molecule has 0 saturated carbocycles. The second-order valence-corrected chi connectivity index (χ2v) is 5.32. The van der Waals surface area contributed by atoms with Gasteiger partial charge in [-0.1, -0.05) is 54.6 Å². The van der Waals surface area contributed by atoms with Gasteiger partial charge in [-0.15, -0.1) is 0 Å². The maximum atomic E-state index is 11.6. The van der Waals surface area contributed by atoms with Crippen LogP contribution in [0.25, 0.3) is 11.1 Å². The maximum absolute atomic E-state index is 11.6. The standard InChI is InChI=1S/C19H16O4/c1-12-11-16(20)18(22)19(23-12)17(21)15-9-7-14(8-10-15)13-5-3-2-4-6-13/h2-11,17,21-22H,1H3. The zero-order valence-electron chi connectivity index (χ0n) is 12.6. The minimum Gasteiger partial charge on any atom is -0.502 e. The summed E-state index contributed by atoms with van der Waals surface area (Å²) in [5.41, 5.74) is 2.05. The van der Waals surface area contributed by atoms with E-state index in [9.17, 15) is 15.0 Å². The van der Waals surface area contributed by atoms with Crippen molar-refractivity contribution >= 4 is 0 Å². The Morgan fingerprint density at radius 1 is 0.957 bits per heavy atom. The van der Waals surface area contributed by atoms with Crippen molar-refractivity contribution in [1.29, 1.82) is 0 Å².